The van der Waals surface area contributed by atoms with Crippen LogP contribution in [0, 0.1) is 11.6 Å². The van der Waals surface area contributed by atoms with E-state index in [2.05, 4.69) is 0 Å². The standard InChI is InChI=1S/C13H14F2N2/c14-12-4-1-6-16(10-12)8-3-9-17-7-2-5-13(15)11-17/h1-2,4-7,10-11H,3,8-9H2/q+2. The minimum Gasteiger partial charge on any atom is -0.202 e. The van der Waals surface area contributed by atoms with E-state index >= 15 is 0 Å². The van der Waals surface area contributed by atoms with Crippen molar-refractivity contribution in [3.63, 3.8) is 0 Å². The predicted molar refractivity (Wildman–Crippen MR) is 57.8 cm³/mol. The first kappa shape index (κ1) is 11.6. The zero-order chi connectivity index (χ0) is 12.1. The lowest BCUT2D eigenvalue weighted by molar-refractivity contribution is -0.728. The van der Waals surface area contributed by atoms with E-state index in [0.29, 0.717) is 13.1 Å². The molecule has 88 valence electrons. The predicted octanol–water partition coefficient (Wildman–Crippen LogP) is 1.63. The van der Waals surface area contributed by atoms with E-state index in [4.69, 9.17) is 0 Å². The van der Waals surface area contributed by atoms with Gasteiger partial charge in [0.25, 0.3) is 0 Å². The van der Waals surface area contributed by atoms with E-state index < -0.39 is 0 Å². The largest absolute Gasteiger partial charge is 0.204 e. The molecular weight excluding hydrogens is 222 g/mol. The lowest BCUT2D eigenvalue weighted by Crippen LogP contribution is -2.38. The maximum Gasteiger partial charge on any atom is 0.204 e. The van der Waals surface area contributed by atoms with Gasteiger partial charge in [0.05, 0.1) is 6.42 Å². The molecule has 0 aromatic carbocycles. The molecule has 0 bridgehead atoms. The molecule has 17 heavy (non-hydrogen) atoms. The summed E-state index contributed by atoms with van der Waals surface area (Å²) in [6, 6.07) is 6.17. The van der Waals surface area contributed by atoms with E-state index in [1.165, 1.54) is 24.5 Å². The molecule has 0 spiro atoms. The van der Waals surface area contributed by atoms with Crippen LogP contribution in [0.1, 0.15) is 6.42 Å². The van der Waals surface area contributed by atoms with Gasteiger partial charge in [-0.05, 0) is 12.1 Å². The van der Waals surface area contributed by atoms with Crippen molar-refractivity contribution in [1.82, 2.24) is 0 Å². The Labute approximate surface area is 98.8 Å². The summed E-state index contributed by atoms with van der Waals surface area (Å²) in [5.74, 6) is -0.489. The first-order valence-electron chi connectivity index (χ1n) is 5.53. The molecule has 2 aromatic rings. The number of aryl methyl sites for hydroxylation is 2. The van der Waals surface area contributed by atoms with Crippen molar-refractivity contribution in [2.75, 3.05) is 0 Å². The van der Waals surface area contributed by atoms with Crippen molar-refractivity contribution < 1.29 is 17.9 Å². The number of rotatable bonds is 4. The summed E-state index contributed by atoms with van der Waals surface area (Å²) < 4.78 is 29.4. The first-order chi connectivity index (χ1) is 8.24. The highest BCUT2D eigenvalue weighted by Crippen LogP contribution is 1.92. The van der Waals surface area contributed by atoms with Gasteiger partial charge in [0.1, 0.15) is 0 Å². The minimum atomic E-state index is -0.245. The van der Waals surface area contributed by atoms with Gasteiger partial charge in [-0.15, -0.1) is 0 Å². The van der Waals surface area contributed by atoms with Crippen LogP contribution >= 0.6 is 0 Å². The highest BCUT2D eigenvalue weighted by atomic mass is 19.1. The third-order valence-electron chi connectivity index (χ3n) is 2.48. The van der Waals surface area contributed by atoms with E-state index in [9.17, 15) is 8.78 Å². The van der Waals surface area contributed by atoms with Gasteiger partial charge in [-0.1, -0.05) is 0 Å². The summed E-state index contributed by atoms with van der Waals surface area (Å²) in [5.41, 5.74) is 0. The zero-order valence-corrected chi connectivity index (χ0v) is 9.39. The summed E-state index contributed by atoms with van der Waals surface area (Å²) in [7, 11) is 0. The Balaban J connectivity index is 1.87. The highest BCUT2D eigenvalue weighted by molar-refractivity contribution is 4.88. The van der Waals surface area contributed by atoms with Crippen LogP contribution in [0.4, 0.5) is 8.78 Å². The molecule has 4 heteroatoms. The summed E-state index contributed by atoms with van der Waals surface area (Å²) in [4.78, 5) is 0. The van der Waals surface area contributed by atoms with E-state index in [-0.39, 0.29) is 11.6 Å². The smallest absolute Gasteiger partial charge is 0.202 e. The summed E-state index contributed by atoms with van der Waals surface area (Å²) in [6.07, 6.45) is 7.37. The Morgan fingerprint density at radius 1 is 0.824 bits per heavy atom. The molecule has 0 aliphatic carbocycles. The molecule has 0 radical (unpaired) electrons. The molecule has 0 atom stereocenters. The third kappa shape index (κ3) is 3.59. The molecule has 0 fully saturated rings. The second-order valence-electron chi connectivity index (χ2n) is 3.87. The lowest BCUT2D eigenvalue weighted by atomic mass is 10.3. The molecule has 0 N–H and O–H groups in total. The highest BCUT2D eigenvalue weighted by Gasteiger charge is 2.06. The van der Waals surface area contributed by atoms with Gasteiger partial charge in [-0.25, -0.2) is 17.9 Å². The summed E-state index contributed by atoms with van der Waals surface area (Å²) >= 11 is 0. The van der Waals surface area contributed by atoms with E-state index in [1.807, 2.05) is 12.4 Å². The SMILES string of the molecule is Fc1ccc[n+](CCC[n+]2cccc(F)c2)c1. The van der Waals surface area contributed by atoms with Crippen LogP contribution in [0.15, 0.2) is 49.1 Å². The molecule has 2 aromatic heterocycles. The van der Waals surface area contributed by atoms with Crippen LogP contribution in [0.5, 0.6) is 0 Å². The summed E-state index contributed by atoms with van der Waals surface area (Å²) in [6.45, 7) is 1.42. The number of aromatic nitrogens is 2. The molecule has 0 saturated heterocycles. The normalized spacial score (nSPS) is 10.5. The lowest BCUT2D eigenvalue weighted by Gasteiger charge is -1.96. The van der Waals surface area contributed by atoms with Crippen LogP contribution in [0.3, 0.4) is 0 Å². The van der Waals surface area contributed by atoms with Crippen molar-refractivity contribution in [2.24, 2.45) is 0 Å². The molecule has 0 unspecified atom stereocenters. The van der Waals surface area contributed by atoms with Crippen molar-refractivity contribution in [3.05, 3.63) is 60.7 Å². The Bertz CT molecular complexity index is 455. The topological polar surface area (TPSA) is 7.76 Å². The number of hydrogen-bond acceptors (Lipinski definition) is 0. The zero-order valence-electron chi connectivity index (χ0n) is 9.39. The van der Waals surface area contributed by atoms with Gasteiger partial charge >= 0.3 is 0 Å². The van der Waals surface area contributed by atoms with E-state index in [1.54, 1.807) is 21.3 Å². The molecule has 0 aliphatic heterocycles. The Morgan fingerprint density at radius 3 is 1.71 bits per heavy atom. The van der Waals surface area contributed by atoms with Crippen LogP contribution < -0.4 is 9.13 Å². The van der Waals surface area contributed by atoms with Crippen molar-refractivity contribution in [3.8, 4) is 0 Å². The molecule has 0 aliphatic rings. The number of nitrogens with zero attached hydrogens (tertiary/aromatic N) is 2. The van der Waals surface area contributed by atoms with Crippen LogP contribution in [0.2, 0.25) is 0 Å². The van der Waals surface area contributed by atoms with Gasteiger partial charge in [0.15, 0.2) is 37.1 Å². The van der Waals surface area contributed by atoms with Crippen LogP contribution in [-0.4, -0.2) is 0 Å². The average Bonchev–Trinajstić information content (AvgIpc) is 2.29. The monoisotopic (exact) mass is 236 g/mol. The third-order valence-corrected chi connectivity index (χ3v) is 2.48. The fourth-order valence-electron chi connectivity index (χ4n) is 1.69. The Kier molecular flexibility index (Phi) is 3.75. The van der Waals surface area contributed by atoms with Crippen LogP contribution in [0.25, 0.3) is 0 Å². The number of hydrogen-bond donors (Lipinski definition) is 0. The van der Waals surface area contributed by atoms with Gasteiger partial charge in [0, 0.05) is 12.1 Å². The molecule has 0 saturated carbocycles. The summed E-state index contributed by atoms with van der Waals surface area (Å²) in [5, 5.41) is 0. The molecular formula is C13H14F2N2+2. The molecule has 2 rings (SSSR count). The maximum absolute atomic E-state index is 12.9. The minimum absolute atomic E-state index is 0.245. The van der Waals surface area contributed by atoms with Crippen molar-refractivity contribution in [1.29, 1.82) is 0 Å². The second kappa shape index (κ2) is 5.48. The molecule has 0 amide bonds. The quantitative estimate of drug-likeness (QED) is 0.713. The Hall–Kier alpha value is -1.84. The fraction of sp³-hybridized carbons (Fsp3) is 0.231. The number of pyridine rings is 2. The van der Waals surface area contributed by atoms with Crippen molar-refractivity contribution in [2.45, 2.75) is 19.5 Å². The van der Waals surface area contributed by atoms with Gasteiger partial charge in [-0.3, -0.25) is 0 Å². The number of halogens is 2. The first-order valence-corrected chi connectivity index (χ1v) is 5.53. The van der Waals surface area contributed by atoms with E-state index in [0.717, 1.165) is 6.42 Å². The van der Waals surface area contributed by atoms with Crippen molar-refractivity contribution >= 4 is 0 Å². The molecule has 2 nitrogen and oxygen atoms in total. The average molecular weight is 236 g/mol. The maximum atomic E-state index is 12.9. The Morgan fingerprint density at radius 2 is 1.29 bits per heavy atom. The van der Waals surface area contributed by atoms with Crippen LogP contribution in [-0.2, 0) is 13.1 Å². The molecule has 2 heterocycles. The van der Waals surface area contributed by atoms with Gasteiger partial charge in [0.2, 0.25) is 12.4 Å². The van der Waals surface area contributed by atoms with Gasteiger partial charge < -0.3 is 0 Å². The fourth-order valence-corrected chi connectivity index (χ4v) is 1.69. The second-order valence-corrected chi connectivity index (χ2v) is 3.87. The van der Waals surface area contributed by atoms with Gasteiger partial charge in [-0.2, -0.15) is 0 Å².